The zero-order valence-electron chi connectivity index (χ0n) is 15.3. The molecule has 0 saturated carbocycles. The van der Waals surface area contributed by atoms with Gasteiger partial charge in [-0.2, -0.15) is 13.2 Å². The fraction of sp³-hybridized carbons (Fsp3) is 0.100. The molecule has 10 heteroatoms. The Morgan fingerprint density at radius 1 is 0.867 bits per heavy atom. The Morgan fingerprint density at radius 3 is 2.23 bits per heavy atom. The van der Waals surface area contributed by atoms with Gasteiger partial charge in [0.1, 0.15) is 5.03 Å². The van der Waals surface area contributed by atoms with Crippen LogP contribution in [0.15, 0.2) is 71.8 Å². The number of benzene rings is 2. The molecule has 6 nitrogen and oxygen atoms in total. The molecule has 2 N–H and O–H groups in total. The maximum absolute atomic E-state index is 13.0. The van der Waals surface area contributed by atoms with E-state index in [0.717, 1.165) is 17.8 Å². The number of amides is 2. The van der Waals surface area contributed by atoms with E-state index in [9.17, 15) is 22.8 Å². The number of anilines is 2. The SMILES string of the molecule is O=C(CSc1ccc(NC(=O)c2ccccc2)nn1)Nc1ccccc1C(F)(F)F. The molecule has 0 atom stereocenters. The van der Waals surface area contributed by atoms with Crippen molar-refractivity contribution in [2.24, 2.45) is 0 Å². The minimum atomic E-state index is -4.57. The monoisotopic (exact) mass is 432 g/mol. The number of nitrogens with zero attached hydrogens (tertiary/aromatic N) is 2. The molecule has 2 amide bonds. The fourth-order valence-corrected chi connectivity index (χ4v) is 3.02. The third-order valence-electron chi connectivity index (χ3n) is 3.78. The van der Waals surface area contributed by atoms with Crippen LogP contribution in [0.25, 0.3) is 0 Å². The van der Waals surface area contributed by atoms with E-state index in [1.807, 2.05) is 0 Å². The zero-order valence-corrected chi connectivity index (χ0v) is 16.1. The molecule has 2 aromatic carbocycles. The van der Waals surface area contributed by atoms with Crippen LogP contribution in [0.5, 0.6) is 0 Å². The smallest absolute Gasteiger partial charge is 0.325 e. The van der Waals surface area contributed by atoms with Crippen LogP contribution >= 0.6 is 11.8 Å². The lowest BCUT2D eigenvalue weighted by Crippen LogP contribution is -2.18. The number of nitrogens with one attached hydrogen (secondary N) is 2. The van der Waals surface area contributed by atoms with Crippen molar-refractivity contribution in [2.75, 3.05) is 16.4 Å². The number of halogens is 3. The molecule has 0 aliphatic heterocycles. The second kappa shape index (κ2) is 9.40. The molecule has 1 aromatic heterocycles. The summed E-state index contributed by atoms with van der Waals surface area (Å²) in [7, 11) is 0. The first-order valence-electron chi connectivity index (χ1n) is 8.62. The van der Waals surface area contributed by atoms with E-state index >= 15 is 0 Å². The van der Waals surface area contributed by atoms with E-state index < -0.39 is 17.6 Å². The Balaban J connectivity index is 1.54. The Morgan fingerprint density at radius 2 is 1.57 bits per heavy atom. The van der Waals surface area contributed by atoms with E-state index in [1.54, 1.807) is 36.4 Å². The lowest BCUT2D eigenvalue weighted by molar-refractivity contribution is -0.137. The molecular weight excluding hydrogens is 417 g/mol. The van der Waals surface area contributed by atoms with Crippen molar-refractivity contribution in [3.8, 4) is 0 Å². The predicted octanol–water partition coefficient (Wildman–Crippen LogP) is 4.48. The number of carbonyl (C=O) groups is 2. The van der Waals surface area contributed by atoms with Crippen molar-refractivity contribution in [3.63, 3.8) is 0 Å². The van der Waals surface area contributed by atoms with Crippen molar-refractivity contribution in [1.29, 1.82) is 0 Å². The van der Waals surface area contributed by atoms with Crippen LogP contribution < -0.4 is 10.6 Å². The first-order valence-corrected chi connectivity index (χ1v) is 9.60. The summed E-state index contributed by atoms with van der Waals surface area (Å²) in [6, 6.07) is 16.4. The molecule has 0 bridgehead atoms. The Kier molecular flexibility index (Phi) is 6.68. The van der Waals surface area contributed by atoms with Crippen LogP contribution in [0.3, 0.4) is 0 Å². The maximum atomic E-state index is 13.0. The first kappa shape index (κ1) is 21.3. The largest absolute Gasteiger partial charge is 0.418 e. The molecule has 0 radical (unpaired) electrons. The average molecular weight is 432 g/mol. The minimum Gasteiger partial charge on any atom is -0.325 e. The Labute approximate surface area is 173 Å². The molecule has 3 rings (SSSR count). The predicted molar refractivity (Wildman–Crippen MR) is 107 cm³/mol. The summed E-state index contributed by atoms with van der Waals surface area (Å²) < 4.78 is 38.9. The summed E-state index contributed by atoms with van der Waals surface area (Å²) in [4.78, 5) is 24.1. The van der Waals surface area contributed by atoms with Crippen molar-refractivity contribution < 1.29 is 22.8 Å². The topological polar surface area (TPSA) is 84.0 Å². The summed E-state index contributed by atoms with van der Waals surface area (Å²) in [5.74, 6) is -0.874. The number of alkyl halides is 3. The average Bonchev–Trinajstić information content (AvgIpc) is 2.73. The lowest BCUT2D eigenvalue weighted by atomic mass is 10.1. The second-order valence-corrected chi connectivity index (χ2v) is 6.95. The van der Waals surface area contributed by atoms with Gasteiger partial charge in [-0.25, -0.2) is 0 Å². The standard InChI is InChI=1S/C20H15F3N4O2S/c21-20(22,23)14-8-4-5-9-15(14)24-17(28)12-30-18-11-10-16(26-27-18)25-19(29)13-6-2-1-3-7-13/h1-11H,12H2,(H,24,28)(H,25,26,29). The molecule has 3 aromatic rings. The van der Waals surface area contributed by atoms with Crippen LogP contribution in [0, 0.1) is 0 Å². The fourth-order valence-electron chi connectivity index (χ4n) is 2.41. The number of hydrogen-bond donors (Lipinski definition) is 2. The molecule has 0 fully saturated rings. The third kappa shape index (κ3) is 5.80. The highest BCUT2D eigenvalue weighted by atomic mass is 32.2. The molecule has 0 unspecified atom stereocenters. The molecular formula is C20H15F3N4O2S. The van der Waals surface area contributed by atoms with Gasteiger partial charge in [-0.05, 0) is 36.4 Å². The van der Waals surface area contributed by atoms with Gasteiger partial charge in [0.05, 0.1) is 17.0 Å². The summed E-state index contributed by atoms with van der Waals surface area (Å²) in [5.41, 5.74) is -0.754. The van der Waals surface area contributed by atoms with Gasteiger partial charge in [-0.3, -0.25) is 9.59 Å². The summed E-state index contributed by atoms with van der Waals surface area (Å²) in [6.07, 6.45) is -4.57. The van der Waals surface area contributed by atoms with Gasteiger partial charge in [0.2, 0.25) is 5.91 Å². The number of carbonyl (C=O) groups excluding carboxylic acids is 2. The number of rotatable bonds is 6. The molecule has 0 spiro atoms. The quantitative estimate of drug-likeness (QED) is 0.561. The second-order valence-electron chi connectivity index (χ2n) is 5.96. The van der Waals surface area contributed by atoms with Crippen LogP contribution in [0.4, 0.5) is 24.7 Å². The van der Waals surface area contributed by atoms with E-state index in [1.165, 1.54) is 24.3 Å². The van der Waals surface area contributed by atoms with Crippen LogP contribution in [-0.4, -0.2) is 27.8 Å². The van der Waals surface area contributed by atoms with Crippen LogP contribution in [0.2, 0.25) is 0 Å². The van der Waals surface area contributed by atoms with Crippen molar-refractivity contribution in [1.82, 2.24) is 10.2 Å². The van der Waals surface area contributed by atoms with Crippen molar-refractivity contribution in [3.05, 3.63) is 77.9 Å². The van der Waals surface area contributed by atoms with E-state index in [0.29, 0.717) is 10.6 Å². The molecule has 0 aliphatic rings. The van der Waals surface area contributed by atoms with Gasteiger partial charge < -0.3 is 10.6 Å². The highest BCUT2D eigenvalue weighted by molar-refractivity contribution is 7.99. The minimum absolute atomic E-state index is 0.156. The molecule has 154 valence electrons. The van der Waals surface area contributed by atoms with Crippen molar-refractivity contribution in [2.45, 2.75) is 11.2 Å². The third-order valence-corrected chi connectivity index (χ3v) is 4.70. The van der Waals surface area contributed by atoms with Crippen molar-refractivity contribution >= 4 is 35.1 Å². The number of para-hydroxylation sites is 1. The van der Waals surface area contributed by atoms with Crippen LogP contribution in [-0.2, 0) is 11.0 Å². The molecule has 30 heavy (non-hydrogen) atoms. The summed E-state index contributed by atoms with van der Waals surface area (Å²) >= 11 is 1.01. The van der Waals surface area contributed by atoms with Gasteiger partial charge in [-0.15, -0.1) is 10.2 Å². The highest BCUT2D eigenvalue weighted by Gasteiger charge is 2.33. The van der Waals surface area contributed by atoms with Gasteiger partial charge in [-0.1, -0.05) is 42.1 Å². The Bertz CT molecular complexity index is 1030. The summed E-state index contributed by atoms with van der Waals surface area (Å²) in [5, 5.41) is 13.0. The molecule has 1 heterocycles. The van der Waals surface area contributed by atoms with E-state index in [2.05, 4.69) is 20.8 Å². The first-order chi connectivity index (χ1) is 14.3. The molecule has 0 aliphatic carbocycles. The van der Waals surface area contributed by atoms with Gasteiger partial charge >= 0.3 is 6.18 Å². The van der Waals surface area contributed by atoms with Gasteiger partial charge in [0.25, 0.3) is 5.91 Å². The zero-order chi connectivity index (χ0) is 21.6. The van der Waals surface area contributed by atoms with E-state index in [4.69, 9.17) is 0 Å². The van der Waals surface area contributed by atoms with Gasteiger partial charge in [0, 0.05) is 5.56 Å². The molecule has 0 saturated heterocycles. The van der Waals surface area contributed by atoms with Gasteiger partial charge in [0.15, 0.2) is 5.82 Å². The lowest BCUT2D eigenvalue weighted by Gasteiger charge is -2.13. The maximum Gasteiger partial charge on any atom is 0.418 e. The Hall–Kier alpha value is -3.40. The number of thioether (sulfide) groups is 1. The van der Waals surface area contributed by atoms with Crippen LogP contribution in [0.1, 0.15) is 15.9 Å². The number of aromatic nitrogens is 2. The number of hydrogen-bond acceptors (Lipinski definition) is 5. The summed E-state index contributed by atoms with van der Waals surface area (Å²) in [6.45, 7) is 0. The normalized spacial score (nSPS) is 11.0. The van der Waals surface area contributed by atoms with E-state index in [-0.39, 0.29) is 23.2 Å². The highest BCUT2D eigenvalue weighted by Crippen LogP contribution is 2.34.